The molecule has 1 atom stereocenters. The molecule has 1 aliphatic heterocycles. The van der Waals surface area contributed by atoms with E-state index >= 15 is 0 Å². The quantitative estimate of drug-likeness (QED) is 0.166. The van der Waals surface area contributed by atoms with E-state index < -0.39 is 10.8 Å². The van der Waals surface area contributed by atoms with Gasteiger partial charge in [-0.05, 0) is 144 Å². The van der Waals surface area contributed by atoms with E-state index in [2.05, 4.69) is 295 Å². The molecule has 3 nitrogen and oxygen atoms in total. The number of hydrogen-bond donors (Lipinski definition) is 0. The zero-order chi connectivity index (χ0) is 53.0. The van der Waals surface area contributed by atoms with Crippen LogP contribution in [0.3, 0.4) is 0 Å². The summed E-state index contributed by atoms with van der Waals surface area (Å²) < 4.78 is 8.84. The lowest BCUT2D eigenvalue weighted by atomic mass is 9.65. The first-order valence-corrected chi connectivity index (χ1v) is 28.2. The van der Waals surface area contributed by atoms with Crippen molar-refractivity contribution in [1.82, 2.24) is 4.57 Å². The van der Waals surface area contributed by atoms with Crippen LogP contribution in [0.4, 0.5) is 17.1 Å². The standard InChI is InChI=1S/C78H48N2O/c1-3-20-51(21-4-1)77(52-22-5-2-6-23-52)65-32-14-10-29-62(65)75-60-28-8-7-25-57(60)72(48-69(75)77)79(53-41-38-49(39-42-53)50-40-45-74-63(46-50)59-27-12-18-37-73(59)81-74)54-43-44-56-55-24-9-13-31-64(55)78(68(56)47-54)66-33-15-17-36-71(66)80-70-35-16-11-26-58(70)61-30-19-34-67(78)76(61)80/h1-48H. The topological polar surface area (TPSA) is 21.3 Å². The van der Waals surface area contributed by atoms with Crippen LogP contribution in [0.25, 0.3) is 93.6 Å². The Hall–Kier alpha value is -10.5. The van der Waals surface area contributed by atoms with Gasteiger partial charge < -0.3 is 13.9 Å². The minimum atomic E-state index is -0.634. The van der Waals surface area contributed by atoms with E-state index in [9.17, 15) is 0 Å². The SMILES string of the molecule is c1ccc(C2(c3ccccc3)c3ccccc3-c3c2cc(N(c2ccc(-c4ccc5oc6ccccc6c5c4)cc2)c2ccc4c(c2)C2(c5ccccc5-4)c4ccccc4-n4c5ccccc5c5cccc2c54)c2ccccc32)cc1. The highest BCUT2D eigenvalue weighted by Crippen LogP contribution is 2.63. The average Bonchev–Trinajstić information content (AvgIpc) is 4.46. The predicted octanol–water partition coefficient (Wildman–Crippen LogP) is 20.0. The van der Waals surface area contributed by atoms with Crippen LogP contribution in [0.1, 0.15) is 44.5 Å². The Balaban J connectivity index is 0.934. The Morgan fingerprint density at radius 1 is 0.309 bits per heavy atom. The molecular weight excluding hydrogens is 981 g/mol. The van der Waals surface area contributed by atoms with E-state index in [1.165, 1.54) is 105 Å². The van der Waals surface area contributed by atoms with Crippen LogP contribution >= 0.6 is 0 Å². The van der Waals surface area contributed by atoms with Crippen molar-refractivity contribution in [1.29, 1.82) is 0 Å². The third-order valence-electron chi connectivity index (χ3n) is 18.5. The fraction of sp³-hybridized carbons (Fsp3) is 0.0256. The first-order chi connectivity index (χ1) is 40.2. The van der Waals surface area contributed by atoms with Gasteiger partial charge in [0.1, 0.15) is 11.2 Å². The molecule has 0 N–H and O–H groups in total. The molecule has 1 unspecified atom stereocenters. The summed E-state index contributed by atoms with van der Waals surface area (Å²) >= 11 is 0. The molecule has 0 fully saturated rings. The maximum absolute atomic E-state index is 6.30. The molecule has 2 aromatic heterocycles. The molecule has 13 aromatic carbocycles. The van der Waals surface area contributed by atoms with E-state index in [1.807, 2.05) is 6.07 Å². The number of anilines is 3. The van der Waals surface area contributed by atoms with Crippen molar-refractivity contribution in [2.24, 2.45) is 0 Å². The maximum atomic E-state index is 6.30. The van der Waals surface area contributed by atoms with E-state index in [1.54, 1.807) is 0 Å². The predicted molar refractivity (Wildman–Crippen MR) is 334 cm³/mol. The first-order valence-electron chi connectivity index (χ1n) is 28.2. The summed E-state index contributed by atoms with van der Waals surface area (Å²) in [6, 6.07) is 109. The second-order valence-corrected chi connectivity index (χ2v) is 22.2. The van der Waals surface area contributed by atoms with Crippen molar-refractivity contribution in [2.75, 3.05) is 4.90 Å². The lowest BCUT2D eigenvalue weighted by Crippen LogP contribution is -2.33. The summed E-state index contributed by atoms with van der Waals surface area (Å²) in [5.74, 6) is 0. The van der Waals surface area contributed by atoms with Gasteiger partial charge in [-0.1, -0.05) is 231 Å². The Kier molecular flexibility index (Phi) is 9.08. The molecule has 81 heavy (non-hydrogen) atoms. The highest BCUT2D eigenvalue weighted by molar-refractivity contribution is 6.14. The van der Waals surface area contributed by atoms with Gasteiger partial charge in [0.2, 0.25) is 0 Å². The number of furan rings is 1. The van der Waals surface area contributed by atoms with Gasteiger partial charge in [0.05, 0.1) is 33.2 Å². The van der Waals surface area contributed by atoms with Crippen LogP contribution < -0.4 is 4.90 Å². The molecule has 376 valence electrons. The minimum Gasteiger partial charge on any atom is -0.456 e. The molecule has 3 aliphatic rings. The number of fused-ring (bicyclic) bond motifs is 20. The molecule has 3 heterocycles. The van der Waals surface area contributed by atoms with Gasteiger partial charge in [-0.3, -0.25) is 0 Å². The third kappa shape index (κ3) is 5.81. The summed E-state index contributed by atoms with van der Waals surface area (Å²) in [4.78, 5) is 2.56. The monoisotopic (exact) mass is 1030 g/mol. The molecule has 0 saturated heterocycles. The largest absolute Gasteiger partial charge is 0.456 e. The molecule has 15 aromatic rings. The van der Waals surface area contributed by atoms with Crippen molar-refractivity contribution >= 4 is 71.6 Å². The molecule has 0 bridgehead atoms. The van der Waals surface area contributed by atoms with Crippen molar-refractivity contribution in [3.8, 4) is 39.1 Å². The number of rotatable bonds is 6. The number of hydrogen-bond acceptors (Lipinski definition) is 2. The van der Waals surface area contributed by atoms with Gasteiger partial charge in [0.15, 0.2) is 0 Å². The van der Waals surface area contributed by atoms with E-state index in [0.717, 1.165) is 50.1 Å². The second-order valence-electron chi connectivity index (χ2n) is 22.2. The van der Waals surface area contributed by atoms with Gasteiger partial charge in [-0.15, -0.1) is 0 Å². The van der Waals surface area contributed by atoms with Crippen LogP contribution in [0.5, 0.6) is 0 Å². The summed E-state index contributed by atoms with van der Waals surface area (Å²) in [6.07, 6.45) is 0. The summed E-state index contributed by atoms with van der Waals surface area (Å²) in [6.45, 7) is 0. The molecule has 0 radical (unpaired) electrons. The number of para-hydroxylation sites is 4. The highest BCUT2D eigenvalue weighted by Gasteiger charge is 2.52. The number of nitrogens with zero attached hydrogens (tertiary/aromatic N) is 2. The van der Waals surface area contributed by atoms with Crippen LogP contribution in [0, 0.1) is 0 Å². The average molecular weight is 1030 g/mol. The molecule has 0 saturated carbocycles. The number of benzene rings is 13. The molecular formula is C78H48N2O. The molecule has 18 rings (SSSR count). The fourth-order valence-electron chi connectivity index (χ4n) is 15.3. The third-order valence-corrected chi connectivity index (χ3v) is 18.5. The van der Waals surface area contributed by atoms with Crippen LogP contribution in [0.15, 0.2) is 296 Å². The summed E-state index contributed by atoms with van der Waals surface area (Å²) in [7, 11) is 0. The van der Waals surface area contributed by atoms with Crippen molar-refractivity contribution in [3.05, 3.63) is 336 Å². The van der Waals surface area contributed by atoms with E-state index in [0.29, 0.717) is 0 Å². The van der Waals surface area contributed by atoms with Gasteiger partial charge in [-0.25, -0.2) is 0 Å². The lowest BCUT2D eigenvalue weighted by molar-refractivity contribution is 0.669. The Morgan fingerprint density at radius 2 is 0.877 bits per heavy atom. The molecule has 1 spiro atoms. The van der Waals surface area contributed by atoms with E-state index in [4.69, 9.17) is 4.42 Å². The van der Waals surface area contributed by atoms with Gasteiger partial charge in [-0.2, -0.15) is 0 Å². The van der Waals surface area contributed by atoms with Gasteiger partial charge in [0.25, 0.3) is 0 Å². The lowest BCUT2D eigenvalue weighted by Gasteiger charge is -2.40. The molecule has 0 amide bonds. The molecule has 2 aliphatic carbocycles. The Morgan fingerprint density at radius 3 is 1.67 bits per heavy atom. The van der Waals surface area contributed by atoms with Crippen molar-refractivity contribution in [3.63, 3.8) is 0 Å². The fourth-order valence-corrected chi connectivity index (χ4v) is 15.3. The second kappa shape index (κ2) is 16.5. The zero-order valence-corrected chi connectivity index (χ0v) is 44.0. The Bertz CT molecular complexity index is 5080. The highest BCUT2D eigenvalue weighted by atomic mass is 16.3. The minimum absolute atomic E-state index is 0.620. The van der Waals surface area contributed by atoms with Crippen LogP contribution in [-0.4, -0.2) is 4.57 Å². The van der Waals surface area contributed by atoms with Gasteiger partial charge in [0, 0.05) is 38.3 Å². The molecule has 3 heteroatoms. The van der Waals surface area contributed by atoms with Crippen molar-refractivity contribution < 1.29 is 4.42 Å². The summed E-state index contributed by atoms with van der Waals surface area (Å²) in [5.41, 5.74) is 25.1. The van der Waals surface area contributed by atoms with E-state index in [-0.39, 0.29) is 0 Å². The first kappa shape index (κ1) is 44.5. The maximum Gasteiger partial charge on any atom is 0.135 e. The zero-order valence-electron chi connectivity index (χ0n) is 44.0. The number of aromatic nitrogens is 1. The van der Waals surface area contributed by atoms with Crippen molar-refractivity contribution in [2.45, 2.75) is 10.8 Å². The smallest absolute Gasteiger partial charge is 0.135 e. The summed E-state index contributed by atoms with van der Waals surface area (Å²) in [5, 5.41) is 7.18. The van der Waals surface area contributed by atoms with Crippen LogP contribution in [-0.2, 0) is 10.8 Å². The van der Waals surface area contributed by atoms with Gasteiger partial charge >= 0.3 is 0 Å². The normalized spacial score (nSPS) is 15.1. The van der Waals surface area contributed by atoms with Crippen LogP contribution in [0.2, 0.25) is 0 Å². The Labute approximate surface area is 468 Å².